The maximum absolute atomic E-state index is 2.31. The zero-order valence-corrected chi connectivity index (χ0v) is 28.7. The van der Waals surface area contributed by atoms with Gasteiger partial charge in [-0.25, -0.2) is 0 Å². The van der Waals surface area contributed by atoms with Crippen LogP contribution < -0.4 is 9.80 Å². The molecule has 0 unspecified atom stereocenters. The first-order valence-corrected chi connectivity index (χ1v) is 17.8. The molecule has 9 rings (SSSR count). The topological polar surface area (TPSA) is 6.48 Å². The van der Waals surface area contributed by atoms with Gasteiger partial charge < -0.3 is 9.80 Å². The Kier molecular flexibility index (Phi) is 8.24. The minimum Gasteiger partial charge on any atom is -0.311 e. The molecule has 2 nitrogen and oxygen atoms in total. The summed E-state index contributed by atoms with van der Waals surface area (Å²) in [6.45, 7) is 0. The molecule has 9 aromatic rings. The van der Waals surface area contributed by atoms with Crippen molar-refractivity contribution in [2.45, 2.75) is 0 Å². The first-order valence-electron chi connectivity index (χ1n) is 17.8. The zero-order chi connectivity index (χ0) is 34.7. The van der Waals surface area contributed by atoms with Gasteiger partial charge in [0.25, 0.3) is 0 Å². The number of para-hydroxylation sites is 4. The fourth-order valence-corrected chi connectivity index (χ4v) is 7.50. The summed E-state index contributed by atoms with van der Waals surface area (Å²) >= 11 is 0. The van der Waals surface area contributed by atoms with E-state index < -0.39 is 0 Å². The first-order chi connectivity index (χ1) is 25.8. The fraction of sp³-hybridized carbons (Fsp3) is 0. The Morgan fingerprint density at radius 1 is 0.192 bits per heavy atom. The highest BCUT2D eigenvalue weighted by Gasteiger charge is 2.20. The summed E-state index contributed by atoms with van der Waals surface area (Å²) in [7, 11) is 0. The summed E-state index contributed by atoms with van der Waals surface area (Å²) in [6.07, 6.45) is 0. The number of hydrogen-bond acceptors (Lipinski definition) is 2. The van der Waals surface area contributed by atoms with Gasteiger partial charge in [0.15, 0.2) is 0 Å². The van der Waals surface area contributed by atoms with E-state index in [1.807, 2.05) is 0 Å². The number of rotatable bonds is 8. The van der Waals surface area contributed by atoms with Crippen LogP contribution in [-0.4, -0.2) is 0 Å². The van der Waals surface area contributed by atoms with Crippen LogP contribution >= 0.6 is 0 Å². The molecule has 0 aliphatic rings. The summed E-state index contributed by atoms with van der Waals surface area (Å²) in [5.41, 5.74) is 11.6. The second-order valence-electron chi connectivity index (χ2n) is 12.9. The second kappa shape index (κ2) is 13.8. The lowest BCUT2D eigenvalue weighted by Gasteiger charge is -2.26. The van der Waals surface area contributed by atoms with Gasteiger partial charge in [0.1, 0.15) is 0 Å². The lowest BCUT2D eigenvalue weighted by Crippen LogP contribution is -2.09. The summed E-state index contributed by atoms with van der Waals surface area (Å²) in [5.74, 6) is 0. The van der Waals surface area contributed by atoms with Crippen LogP contribution in [0.3, 0.4) is 0 Å². The van der Waals surface area contributed by atoms with Crippen LogP contribution in [0.25, 0.3) is 43.8 Å². The smallest absolute Gasteiger partial charge is 0.0462 e. The summed E-state index contributed by atoms with van der Waals surface area (Å²) in [6, 6.07) is 78.2. The minimum absolute atomic E-state index is 1.11. The van der Waals surface area contributed by atoms with Crippen molar-refractivity contribution < 1.29 is 0 Å². The SMILES string of the molecule is c1ccc(N(c2ccccc2)c2ccc(-c3c(-c4ccc(N(c5ccccc5)c5ccccc5)cc4)c4ccccc4c4ccccc34)cc2)cc1. The molecule has 246 valence electrons. The molecule has 52 heavy (non-hydrogen) atoms. The molecule has 0 amide bonds. The molecule has 0 aliphatic heterocycles. The Balaban J connectivity index is 1.21. The van der Waals surface area contributed by atoms with Crippen molar-refractivity contribution >= 4 is 55.7 Å². The van der Waals surface area contributed by atoms with Crippen molar-refractivity contribution in [3.8, 4) is 22.3 Å². The third kappa shape index (κ3) is 5.77. The van der Waals surface area contributed by atoms with Crippen molar-refractivity contribution in [1.29, 1.82) is 0 Å². The minimum atomic E-state index is 1.11. The van der Waals surface area contributed by atoms with Gasteiger partial charge in [-0.15, -0.1) is 0 Å². The summed E-state index contributed by atoms with van der Waals surface area (Å²) in [4.78, 5) is 4.63. The molecule has 0 aliphatic carbocycles. The standard InChI is InChI=1S/C50H36N2/c1-5-17-39(18-6-1)51(40-19-7-2-8-20-40)43-33-29-37(30-34-43)49-47-27-15-13-25-45(47)46-26-14-16-28-48(46)50(49)38-31-35-44(36-32-38)52(41-21-9-3-10-22-41)42-23-11-4-12-24-42/h1-36H. The fourth-order valence-electron chi connectivity index (χ4n) is 7.50. The number of nitrogens with zero attached hydrogens (tertiary/aromatic N) is 2. The number of fused-ring (bicyclic) bond motifs is 3. The predicted molar refractivity (Wildman–Crippen MR) is 222 cm³/mol. The molecule has 0 saturated carbocycles. The van der Waals surface area contributed by atoms with Crippen LogP contribution in [0.5, 0.6) is 0 Å². The molecule has 0 aromatic heterocycles. The molecule has 0 heterocycles. The molecule has 2 heteroatoms. The number of hydrogen-bond donors (Lipinski definition) is 0. The molecular formula is C50H36N2. The van der Waals surface area contributed by atoms with Crippen LogP contribution in [0.4, 0.5) is 34.1 Å². The van der Waals surface area contributed by atoms with E-state index in [-0.39, 0.29) is 0 Å². The maximum atomic E-state index is 2.31. The third-order valence-electron chi connectivity index (χ3n) is 9.82. The van der Waals surface area contributed by atoms with E-state index in [1.54, 1.807) is 0 Å². The lowest BCUT2D eigenvalue weighted by atomic mass is 9.85. The van der Waals surface area contributed by atoms with E-state index in [2.05, 4.69) is 228 Å². The summed E-state index contributed by atoms with van der Waals surface area (Å²) in [5, 5.41) is 5.00. The van der Waals surface area contributed by atoms with Gasteiger partial charge >= 0.3 is 0 Å². The molecule has 0 spiro atoms. The van der Waals surface area contributed by atoms with Crippen LogP contribution in [-0.2, 0) is 0 Å². The van der Waals surface area contributed by atoms with E-state index >= 15 is 0 Å². The number of benzene rings is 9. The molecule has 0 saturated heterocycles. The highest BCUT2D eigenvalue weighted by Crippen LogP contribution is 2.46. The lowest BCUT2D eigenvalue weighted by molar-refractivity contribution is 1.28. The molecule has 0 N–H and O–H groups in total. The average Bonchev–Trinajstić information content (AvgIpc) is 3.23. The molecule has 0 bridgehead atoms. The average molecular weight is 665 g/mol. The van der Waals surface area contributed by atoms with Crippen molar-refractivity contribution in [2.75, 3.05) is 9.80 Å². The van der Waals surface area contributed by atoms with E-state index in [1.165, 1.54) is 43.8 Å². The Morgan fingerprint density at radius 2 is 0.423 bits per heavy atom. The highest BCUT2D eigenvalue weighted by atomic mass is 15.1. The van der Waals surface area contributed by atoms with Crippen molar-refractivity contribution in [2.24, 2.45) is 0 Å². The third-order valence-corrected chi connectivity index (χ3v) is 9.82. The maximum Gasteiger partial charge on any atom is 0.0462 e. The highest BCUT2D eigenvalue weighted by molar-refractivity contribution is 6.21. The number of anilines is 6. The Morgan fingerprint density at radius 3 is 0.712 bits per heavy atom. The normalized spacial score (nSPS) is 11.1. The van der Waals surface area contributed by atoms with Gasteiger partial charge in [0, 0.05) is 34.1 Å². The first kappa shape index (κ1) is 31.1. The van der Waals surface area contributed by atoms with Crippen molar-refractivity contribution in [1.82, 2.24) is 0 Å². The molecular weight excluding hydrogens is 629 g/mol. The molecule has 0 atom stereocenters. The Labute approximate surface area is 305 Å². The van der Waals surface area contributed by atoms with Gasteiger partial charge in [-0.2, -0.15) is 0 Å². The predicted octanol–water partition coefficient (Wildman–Crippen LogP) is 14.3. The Hall–Kier alpha value is -6.90. The van der Waals surface area contributed by atoms with Crippen LogP contribution in [0.1, 0.15) is 0 Å². The molecule has 9 aromatic carbocycles. The van der Waals surface area contributed by atoms with E-state index in [4.69, 9.17) is 0 Å². The van der Waals surface area contributed by atoms with Gasteiger partial charge in [-0.05, 0) is 117 Å². The van der Waals surface area contributed by atoms with Crippen molar-refractivity contribution in [3.05, 3.63) is 218 Å². The quantitative estimate of drug-likeness (QED) is 0.149. The van der Waals surface area contributed by atoms with Gasteiger partial charge in [-0.3, -0.25) is 0 Å². The Bertz CT molecular complexity index is 2320. The van der Waals surface area contributed by atoms with Crippen LogP contribution in [0.2, 0.25) is 0 Å². The summed E-state index contributed by atoms with van der Waals surface area (Å²) < 4.78 is 0. The van der Waals surface area contributed by atoms with E-state index in [9.17, 15) is 0 Å². The second-order valence-corrected chi connectivity index (χ2v) is 12.9. The van der Waals surface area contributed by atoms with E-state index in [0.717, 1.165) is 34.1 Å². The zero-order valence-electron chi connectivity index (χ0n) is 28.7. The largest absolute Gasteiger partial charge is 0.311 e. The van der Waals surface area contributed by atoms with E-state index in [0.29, 0.717) is 0 Å². The monoisotopic (exact) mass is 664 g/mol. The molecule has 0 radical (unpaired) electrons. The van der Waals surface area contributed by atoms with Crippen LogP contribution in [0.15, 0.2) is 218 Å². The van der Waals surface area contributed by atoms with Crippen LogP contribution in [0, 0.1) is 0 Å². The van der Waals surface area contributed by atoms with Crippen molar-refractivity contribution in [3.63, 3.8) is 0 Å². The van der Waals surface area contributed by atoms with Gasteiger partial charge in [-0.1, -0.05) is 146 Å². The van der Waals surface area contributed by atoms with Gasteiger partial charge in [0.05, 0.1) is 0 Å². The van der Waals surface area contributed by atoms with Gasteiger partial charge in [0.2, 0.25) is 0 Å². The molecule has 0 fully saturated rings.